The second-order valence-electron chi connectivity index (χ2n) is 4.22. The molecule has 1 saturated carbocycles. The smallest absolute Gasteiger partial charge is 0.150 e. The number of aldehydes is 1. The van der Waals surface area contributed by atoms with Crippen LogP contribution in [0.3, 0.4) is 0 Å². The van der Waals surface area contributed by atoms with Crippen LogP contribution in [-0.2, 0) is 0 Å². The lowest BCUT2D eigenvalue weighted by molar-refractivity contribution is 0.111. The van der Waals surface area contributed by atoms with E-state index in [0.29, 0.717) is 17.9 Å². The largest absolute Gasteiger partial charge is 0.492 e. The van der Waals surface area contributed by atoms with E-state index in [1.165, 1.54) is 0 Å². The van der Waals surface area contributed by atoms with Gasteiger partial charge in [0.1, 0.15) is 18.6 Å². The lowest BCUT2D eigenvalue weighted by Crippen LogP contribution is -2.34. The molecule has 16 heavy (non-hydrogen) atoms. The normalized spacial score (nSPS) is 16.9. The van der Waals surface area contributed by atoms with Crippen LogP contribution in [0.1, 0.15) is 29.6 Å². The highest BCUT2D eigenvalue weighted by Crippen LogP contribution is 2.40. The number of hydrogen-bond donors (Lipinski definition) is 0. The molecule has 0 heterocycles. The highest BCUT2D eigenvalue weighted by molar-refractivity contribution is 5.75. The second kappa shape index (κ2) is 4.36. The Morgan fingerprint density at radius 3 is 2.88 bits per heavy atom. The Hall–Kier alpha value is -1.82. The second-order valence-corrected chi connectivity index (χ2v) is 4.22. The summed E-state index contributed by atoms with van der Waals surface area (Å²) in [6, 6.07) is 9.31. The van der Waals surface area contributed by atoms with Gasteiger partial charge in [0.2, 0.25) is 0 Å². The molecule has 1 aromatic rings. The van der Waals surface area contributed by atoms with Gasteiger partial charge in [-0.05, 0) is 25.0 Å². The molecule has 0 saturated heterocycles. The summed E-state index contributed by atoms with van der Waals surface area (Å²) in [4.78, 5) is 10.6. The van der Waals surface area contributed by atoms with E-state index in [0.717, 1.165) is 25.5 Å². The third-order valence-corrected chi connectivity index (χ3v) is 3.06. The average molecular weight is 215 g/mol. The van der Waals surface area contributed by atoms with E-state index in [-0.39, 0.29) is 5.41 Å². The third-order valence-electron chi connectivity index (χ3n) is 3.06. The van der Waals surface area contributed by atoms with Crippen molar-refractivity contribution in [1.82, 2.24) is 0 Å². The molecule has 3 heteroatoms. The van der Waals surface area contributed by atoms with Crippen LogP contribution in [0.2, 0.25) is 0 Å². The molecule has 2 rings (SSSR count). The van der Waals surface area contributed by atoms with Crippen LogP contribution in [0.4, 0.5) is 0 Å². The fourth-order valence-corrected chi connectivity index (χ4v) is 1.79. The fourth-order valence-electron chi connectivity index (χ4n) is 1.79. The molecule has 0 spiro atoms. The molecule has 0 aromatic heterocycles. The maximum Gasteiger partial charge on any atom is 0.150 e. The van der Waals surface area contributed by atoms with Crippen molar-refractivity contribution in [3.05, 3.63) is 29.8 Å². The van der Waals surface area contributed by atoms with E-state index in [1.807, 2.05) is 0 Å². The number of rotatable bonds is 4. The highest BCUT2D eigenvalue weighted by Gasteiger charge is 2.38. The van der Waals surface area contributed by atoms with E-state index in [4.69, 9.17) is 10.00 Å². The van der Waals surface area contributed by atoms with Crippen LogP contribution in [0.15, 0.2) is 24.3 Å². The Balaban J connectivity index is 1.99. The molecule has 0 radical (unpaired) electrons. The van der Waals surface area contributed by atoms with E-state index in [1.54, 1.807) is 24.3 Å². The number of carbonyl (C=O) groups is 1. The summed E-state index contributed by atoms with van der Waals surface area (Å²) in [6.07, 6.45) is 3.72. The first-order valence-electron chi connectivity index (χ1n) is 5.37. The lowest BCUT2D eigenvalue weighted by atomic mass is 9.71. The molecule has 1 aliphatic carbocycles. The molecule has 1 aliphatic rings. The first-order chi connectivity index (χ1) is 7.78. The Bertz CT molecular complexity index is 430. The van der Waals surface area contributed by atoms with Gasteiger partial charge in [0.05, 0.1) is 11.5 Å². The minimum absolute atomic E-state index is 0.294. The number of nitriles is 1. The van der Waals surface area contributed by atoms with Gasteiger partial charge in [-0.2, -0.15) is 5.26 Å². The summed E-state index contributed by atoms with van der Waals surface area (Å²) in [5.41, 5.74) is 0.300. The zero-order valence-corrected chi connectivity index (χ0v) is 8.98. The van der Waals surface area contributed by atoms with Crippen LogP contribution < -0.4 is 4.74 Å². The number of carbonyl (C=O) groups excluding carboxylic acids is 1. The van der Waals surface area contributed by atoms with Crippen molar-refractivity contribution >= 4 is 6.29 Å². The van der Waals surface area contributed by atoms with Crippen LogP contribution in [0, 0.1) is 16.7 Å². The quantitative estimate of drug-likeness (QED) is 0.725. The first-order valence-corrected chi connectivity index (χ1v) is 5.37. The van der Waals surface area contributed by atoms with Gasteiger partial charge in [0.25, 0.3) is 0 Å². The minimum atomic E-state index is -0.294. The first kappa shape index (κ1) is 10.7. The van der Waals surface area contributed by atoms with E-state index >= 15 is 0 Å². The van der Waals surface area contributed by atoms with Crippen LogP contribution in [0.5, 0.6) is 5.75 Å². The summed E-state index contributed by atoms with van der Waals surface area (Å²) < 4.78 is 5.57. The summed E-state index contributed by atoms with van der Waals surface area (Å²) in [5.74, 6) is 0.658. The number of benzene rings is 1. The van der Waals surface area contributed by atoms with Crippen molar-refractivity contribution < 1.29 is 9.53 Å². The summed E-state index contributed by atoms with van der Waals surface area (Å²) >= 11 is 0. The van der Waals surface area contributed by atoms with E-state index < -0.39 is 0 Å². The molecular formula is C13H13NO2. The number of hydrogen-bond acceptors (Lipinski definition) is 3. The lowest BCUT2D eigenvalue weighted by Gasteiger charge is -2.34. The third kappa shape index (κ3) is 2.06. The predicted molar refractivity (Wildman–Crippen MR) is 59.2 cm³/mol. The minimum Gasteiger partial charge on any atom is -0.492 e. The summed E-state index contributed by atoms with van der Waals surface area (Å²) in [5, 5.41) is 9.03. The maximum absolute atomic E-state index is 10.6. The molecule has 3 nitrogen and oxygen atoms in total. The number of nitrogens with zero attached hydrogens (tertiary/aromatic N) is 1. The SMILES string of the molecule is N#CC1(COc2cccc(C=O)c2)CCC1. The average Bonchev–Trinajstić information content (AvgIpc) is 2.29. The molecule has 1 aromatic carbocycles. The molecule has 82 valence electrons. The monoisotopic (exact) mass is 215 g/mol. The van der Waals surface area contributed by atoms with Crippen molar-refractivity contribution in [2.24, 2.45) is 5.41 Å². The molecule has 0 atom stereocenters. The fraction of sp³-hybridized carbons (Fsp3) is 0.385. The zero-order chi connectivity index (χ0) is 11.4. The topological polar surface area (TPSA) is 50.1 Å². The van der Waals surface area contributed by atoms with Crippen molar-refractivity contribution in [2.75, 3.05) is 6.61 Å². The molecule has 1 fully saturated rings. The van der Waals surface area contributed by atoms with Crippen LogP contribution >= 0.6 is 0 Å². The van der Waals surface area contributed by atoms with Gasteiger partial charge in [-0.1, -0.05) is 18.6 Å². The van der Waals surface area contributed by atoms with Gasteiger partial charge in [0.15, 0.2) is 0 Å². The van der Waals surface area contributed by atoms with Gasteiger partial charge in [0, 0.05) is 5.56 Å². The molecule has 0 aliphatic heterocycles. The van der Waals surface area contributed by atoms with Crippen LogP contribution in [-0.4, -0.2) is 12.9 Å². The highest BCUT2D eigenvalue weighted by atomic mass is 16.5. The van der Waals surface area contributed by atoms with Gasteiger partial charge in [-0.15, -0.1) is 0 Å². The van der Waals surface area contributed by atoms with E-state index in [2.05, 4.69) is 6.07 Å². The van der Waals surface area contributed by atoms with Crippen molar-refractivity contribution in [3.8, 4) is 11.8 Å². The standard InChI is InChI=1S/C13H13NO2/c14-9-13(5-2-6-13)10-16-12-4-1-3-11(7-12)8-15/h1,3-4,7-8H,2,5-6,10H2. The van der Waals surface area contributed by atoms with Gasteiger partial charge in [-0.3, -0.25) is 4.79 Å². The zero-order valence-electron chi connectivity index (χ0n) is 8.98. The predicted octanol–water partition coefficient (Wildman–Crippen LogP) is 2.57. The van der Waals surface area contributed by atoms with Gasteiger partial charge in [-0.25, -0.2) is 0 Å². The van der Waals surface area contributed by atoms with Crippen molar-refractivity contribution in [1.29, 1.82) is 5.26 Å². The summed E-state index contributed by atoms with van der Waals surface area (Å²) in [6.45, 7) is 0.422. The van der Waals surface area contributed by atoms with Crippen LogP contribution in [0.25, 0.3) is 0 Å². The molecular weight excluding hydrogens is 202 g/mol. The number of ether oxygens (including phenoxy) is 1. The van der Waals surface area contributed by atoms with Gasteiger partial charge < -0.3 is 4.74 Å². The Kier molecular flexibility index (Phi) is 2.91. The van der Waals surface area contributed by atoms with Crippen molar-refractivity contribution in [2.45, 2.75) is 19.3 Å². The Morgan fingerprint density at radius 2 is 2.31 bits per heavy atom. The summed E-state index contributed by atoms with van der Waals surface area (Å²) in [7, 11) is 0. The molecule has 0 unspecified atom stereocenters. The molecule has 0 N–H and O–H groups in total. The van der Waals surface area contributed by atoms with Crippen molar-refractivity contribution in [3.63, 3.8) is 0 Å². The maximum atomic E-state index is 10.6. The molecule has 0 bridgehead atoms. The van der Waals surface area contributed by atoms with E-state index in [9.17, 15) is 4.79 Å². The Labute approximate surface area is 94.6 Å². The molecule has 0 amide bonds. The van der Waals surface area contributed by atoms with Gasteiger partial charge >= 0.3 is 0 Å². The Morgan fingerprint density at radius 1 is 1.50 bits per heavy atom.